The first-order chi connectivity index (χ1) is 27.7. The Morgan fingerprint density at radius 3 is 1.38 bits per heavy atom. The molecule has 0 aliphatic carbocycles. The molecular weight excluding hydrogens is 691 g/mol. The summed E-state index contributed by atoms with van der Waals surface area (Å²) in [5.41, 5.74) is 13.1. The van der Waals surface area contributed by atoms with Crippen molar-refractivity contribution < 1.29 is 8.83 Å². The molecule has 11 rings (SSSR count). The van der Waals surface area contributed by atoms with Crippen molar-refractivity contribution in [3.63, 3.8) is 0 Å². The van der Waals surface area contributed by atoms with Gasteiger partial charge in [-0.25, -0.2) is 24.9 Å². The van der Waals surface area contributed by atoms with E-state index in [1.54, 1.807) is 0 Å². The molecule has 0 saturated heterocycles. The number of hydrogen-bond donors (Lipinski definition) is 0. The van der Waals surface area contributed by atoms with Crippen LogP contribution >= 0.6 is 0 Å². The van der Waals surface area contributed by atoms with Crippen LogP contribution < -0.4 is 0 Å². The van der Waals surface area contributed by atoms with Gasteiger partial charge < -0.3 is 8.83 Å². The fraction of sp³-hybridized carbons (Fsp3) is 0. The quantitative estimate of drug-likeness (QED) is 0.169. The summed E-state index contributed by atoms with van der Waals surface area (Å²) >= 11 is 0. The van der Waals surface area contributed by atoms with Crippen molar-refractivity contribution in [3.8, 4) is 67.5 Å². The van der Waals surface area contributed by atoms with E-state index in [0.717, 1.165) is 99.8 Å². The Bertz CT molecular complexity index is 3110. The van der Waals surface area contributed by atoms with Crippen LogP contribution in [0.2, 0.25) is 0 Å². The van der Waals surface area contributed by atoms with Crippen LogP contribution in [0.1, 0.15) is 0 Å². The number of nitrogens with zero attached hydrogens (tertiary/aromatic N) is 5. The lowest BCUT2D eigenvalue weighted by molar-refractivity contribution is 0.668. The maximum Gasteiger partial charge on any atom is 0.162 e. The molecule has 0 fully saturated rings. The maximum absolute atomic E-state index is 6.21. The zero-order valence-electron chi connectivity index (χ0n) is 29.8. The van der Waals surface area contributed by atoms with Crippen molar-refractivity contribution in [2.24, 2.45) is 0 Å². The van der Waals surface area contributed by atoms with E-state index in [4.69, 9.17) is 18.8 Å². The van der Waals surface area contributed by atoms with Crippen LogP contribution in [-0.4, -0.2) is 24.9 Å². The van der Waals surface area contributed by atoms with E-state index in [2.05, 4.69) is 112 Å². The largest absolute Gasteiger partial charge is 0.456 e. The first-order valence-electron chi connectivity index (χ1n) is 18.4. The summed E-state index contributed by atoms with van der Waals surface area (Å²) in [6.45, 7) is 0. The van der Waals surface area contributed by atoms with Gasteiger partial charge >= 0.3 is 0 Å². The van der Waals surface area contributed by atoms with Gasteiger partial charge in [-0.2, -0.15) is 0 Å². The summed E-state index contributed by atoms with van der Waals surface area (Å²) in [5, 5.41) is 4.33. The molecule has 0 atom stereocenters. The van der Waals surface area contributed by atoms with Gasteiger partial charge in [0, 0.05) is 43.8 Å². The number of fused-ring (bicyclic) bond motifs is 6. The minimum Gasteiger partial charge on any atom is -0.456 e. The van der Waals surface area contributed by atoms with Crippen LogP contribution in [0.3, 0.4) is 0 Å². The molecule has 56 heavy (non-hydrogen) atoms. The molecule has 0 saturated carbocycles. The molecule has 11 aromatic rings. The number of para-hydroxylation sites is 2. The van der Waals surface area contributed by atoms with Gasteiger partial charge in [0.15, 0.2) is 11.6 Å². The molecule has 4 aromatic heterocycles. The zero-order chi connectivity index (χ0) is 37.0. The molecule has 262 valence electrons. The lowest BCUT2D eigenvalue weighted by Gasteiger charge is -2.13. The molecule has 0 unspecified atom stereocenters. The van der Waals surface area contributed by atoms with E-state index in [0.29, 0.717) is 11.6 Å². The minimum atomic E-state index is 0.618. The molecule has 0 amide bonds. The van der Waals surface area contributed by atoms with E-state index in [9.17, 15) is 0 Å². The van der Waals surface area contributed by atoms with E-state index >= 15 is 0 Å². The highest BCUT2D eigenvalue weighted by molar-refractivity contribution is 6.07. The minimum absolute atomic E-state index is 0.618. The fourth-order valence-corrected chi connectivity index (χ4v) is 7.56. The summed E-state index contributed by atoms with van der Waals surface area (Å²) in [6, 6.07) is 56.3. The Morgan fingerprint density at radius 1 is 0.304 bits per heavy atom. The third-order valence-electron chi connectivity index (χ3n) is 10.3. The maximum atomic E-state index is 6.21. The number of rotatable bonds is 6. The number of benzene rings is 7. The van der Waals surface area contributed by atoms with E-state index < -0.39 is 0 Å². The molecule has 0 aliphatic rings. The van der Waals surface area contributed by atoms with Gasteiger partial charge in [0.05, 0.1) is 11.4 Å². The first kappa shape index (κ1) is 31.7. The van der Waals surface area contributed by atoms with Gasteiger partial charge in [-0.15, -0.1) is 0 Å². The van der Waals surface area contributed by atoms with E-state index in [1.807, 2.05) is 66.7 Å². The third-order valence-corrected chi connectivity index (χ3v) is 10.3. The van der Waals surface area contributed by atoms with Crippen LogP contribution in [0.15, 0.2) is 185 Å². The van der Waals surface area contributed by atoms with Gasteiger partial charge in [0.25, 0.3) is 0 Å². The number of aromatic nitrogens is 5. The average Bonchev–Trinajstić information content (AvgIpc) is 3.84. The normalized spacial score (nSPS) is 11.6. The third kappa shape index (κ3) is 5.58. The van der Waals surface area contributed by atoms with Gasteiger partial charge in [0.1, 0.15) is 35.0 Å². The predicted molar refractivity (Wildman–Crippen MR) is 223 cm³/mol. The van der Waals surface area contributed by atoms with Crippen LogP contribution in [0.5, 0.6) is 0 Å². The summed E-state index contributed by atoms with van der Waals surface area (Å²) in [4.78, 5) is 22.9. The van der Waals surface area contributed by atoms with Gasteiger partial charge in [-0.05, 0) is 82.9 Å². The van der Waals surface area contributed by atoms with Crippen molar-refractivity contribution in [2.75, 3.05) is 0 Å². The van der Waals surface area contributed by atoms with Crippen LogP contribution in [0.4, 0.5) is 0 Å². The second kappa shape index (κ2) is 13.0. The van der Waals surface area contributed by atoms with E-state index in [1.165, 1.54) is 12.7 Å². The zero-order valence-corrected chi connectivity index (χ0v) is 29.8. The number of hydrogen-bond acceptors (Lipinski definition) is 7. The highest BCUT2D eigenvalue weighted by Crippen LogP contribution is 2.39. The van der Waals surface area contributed by atoms with Crippen molar-refractivity contribution in [2.45, 2.75) is 0 Å². The Hall–Kier alpha value is -7.77. The van der Waals surface area contributed by atoms with E-state index in [-0.39, 0.29) is 0 Å². The summed E-state index contributed by atoms with van der Waals surface area (Å²) in [5.74, 6) is 1.26. The molecular formula is C49H29N5O2. The second-order valence-corrected chi connectivity index (χ2v) is 13.8. The molecule has 7 heteroatoms. The molecule has 0 aliphatic heterocycles. The summed E-state index contributed by atoms with van der Waals surface area (Å²) in [6.07, 6.45) is 3.01. The molecule has 7 aromatic carbocycles. The monoisotopic (exact) mass is 719 g/mol. The van der Waals surface area contributed by atoms with Gasteiger partial charge in [0.2, 0.25) is 0 Å². The highest BCUT2D eigenvalue weighted by Gasteiger charge is 2.16. The molecule has 0 spiro atoms. The molecule has 0 radical (unpaired) electrons. The van der Waals surface area contributed by atoms with Crippen LogP contribution in [-0.2, 0) is 0 Å². The van der Waals surface area contributed by atoms with Crippen molar-refractivity contribution >= 4 is 43.9 Å². The highest BCUT2D eigenvalue weighted by atomic mass is 16.3. The standard InChI is InChI=1S/C49H29N5O2/c1-2-8-31(9-3-1)49-53-42(30-14-16-32(17-15-30)48-51-28-50-29-52-48)27-43(54-49)37-23-35(33-18-20-46-40(25-33)38-10-4-6-12-44(38)55-46)22-36(24-37)34-19-21-47-41(26-34)39-11-5-7-13-45(39)56-47/h1-29H. The van der Waals surface area contributed by atoms with Crippen molar-refractivity contribution in [3.05, 3.63) is 176 Å². The summed E-state index contributed by atoms with van der Waals surface area (Å²) in [7, 11) is 0. The lowest BCUT2D eigenvalue weighted by atomic mass is 9.93. The van der Waals surface area contributed by atoms with Crippen molar-refractivity contribution in [1.29, 1.82) is 0 Å². The smallest absolute Gasteiger partial charge is 0.162 e. The average molecular weight is 720 g/mol. The first-order valence-corrected chi connectivity index (χ1v) is 18.4. The lowest BCUT2D eigenvalue weighted by Crippen LogP contribution is -1.97. The van der Waals surface area contributed by atoms with Gasteiger partial charge in [-0.3, -0.25) is 0 Å². The Labute approximate surface area is 320 Å². The van der Waals surface area contributed by atoms with Gasteiger partial charge in [-0.1, -0.05) is 103 Å². The van der Waals surface area contributed by atoms with Crippen LogP contribution in [0, 0.1) is 0 Å². The molecule has 7 nitrogen and oxygen atoms in total. The summed E-state index contributed by atoms with van der Waals surface area (Å²) < 4.78 is 12.4. The van der Waals surface area contributed by atoms with Crippen LogP contribution in [0.25, 0.3) is 111 Å². The Kier molecular flexibility index (Phi) is 7.35. The Balaban J connectivity index is 1.11. The second-order valence-electron chi connectivity index (χ2n) is 13.8. The number of furan rings is 2. The SMILES string of the molecule is c1ccc(-c2nc(-c3ccc(-c4ncncn4)cc3)cc(-c3cc(-c4ccc5oc6ccccc6c5c4)cc(-c4ccc5oc6ccccc6c5c4)c3)n2)cc1. The fourth-order valence-electron chi connectivity index (χ4n) is 7.56. The topological polar surface area (TPSA) is 90.7 Å². The molecule has 0 bridgehead atoms. The molecule has 0 N–H and O–H groups in total. The van der Waals surface area contributed by atoms with Crippen molar-refractivity contribution in [1.82, 2.24) is 24.9 Å². The Morgan fingerprint density at radius 2 is 0.768 bits per heavy atom. The molecule has 4 heterocycles. The predicted octanol–water partition coefficient (Wildman–Crippen LogP) is 12.5.